The van der Waals surface area contributed by atoms with Gasteiger partial charge in [-0.1, -0.05) is 0 Å². The van der Waals surface area contributed by atoms with Crippen LogP contribution in [-0.4, -0.2) is 37.3 Å². The summed E-state index contributed by atoms with van der Waals surface area (Å²) in [5.74, 6) is 0.576. The highest BCUT2D eigenvalue weighted by atomic mass is 31.2. The summed E-state index contributed by atoms with van der Waals surface area (Å²) in [5.41, 5.74) is 4.49. The summed E-state index contributed by atoms with van der Waals surface area (Å²) in [6, 6.07) is 1.32. The van der Waals surface area contributed by atoms with Gasteiger partial charge in [-0.2, -0.15) is 4.98 Å². The van der Waals surface area contributed by atoms with E-state index in [0.717, 1.165) is 10.8 Å². The fourth-order valence-electron chi connectivity index (χ4n) is 0.927. The topological polar surface area (TPSA) is 148 Å². The molecule has 0 unspecified atom stereocenters. The summed E-state index contributed by atoms with van der Waals surface area (Å²) < 4.78 is 11.2. The fourth-order valence-corrected chi connectivity index (χ4v) is 1.35. The Morgan fingerprint density at radius 3 is 2.83 bits per heavy atom. The molecular weight excluding hydrogens is 265 g/mol. The summed E-state index contributed by atoms with van der Waals surface area (Å²) >= 11 is 0. The predicted molar refractivity (Wildman–Crippen MR) is 61.5 cm³/mol. The number of nitrogens with two attached hydrogens (primary N) is 1. The quantitative estimate of drug-likeness (QED) is 0.466. The van der Waals surface area contributed by atoms with Crippen molar-refractivity contribution in [3.05, 3.63) is 34.6 Å². The molecule has 0 aliphatic carbocycles. The molecule has 1 heterocycles. The largest absolute Gasteiger partial charge is 0.406 e. The molecule has 9 nitrogen and oxygen atoms in total. The van der Waals surface area contributed by atoms with Crippen LogP contribution in [0, 0.1) is 0 Å². The third-order valence-corrected chi connectivity index (χ3v) is 2.24. The molecule has 0 saturated carbocycles. The van der Waals surface area contributed by atoms with Gasteiger partial charge in [-0.15, -0.1) is 4.73 Å². The van der Waals surface area contributed by atoms with Crippen LogP contribution in [0.15, 0.2) is 29.0 Å². The lowest BCUT2D eigenvalue weighted by Gasteiger charge is -2.09. The second kappa shape index (κ2) is 5.78. The third-order valence-electron chi connectivity index (χ3n) is 1.68. The molecular formula is C8H12N3O6P. The van der Waals surface area contributed by atoms with Gasteiger partial charge >= 0.3 is 13.3 Å². The lowest BCUT2D eigenvalue weighted by atomic mass is 10.4. The van der Waals surface area contributed by atoms with Crippen LogP contribution >= 0.6 is 7.60 Å². The van der Waals surface area contributed by atoms with E-state index >= 15 is 0 Å². The van der Waals surface area contributed by atoms with Crippen molar-refractivity contribution < 1.29 is 24.3 Å². The molecule has 10 heteroatoms. The van der Waals surface area contributed by atoms with Crippen LogP contribution in [0.2, 0.25) is 0 Å². The van der Waals surface area contributed by atoms with Gasteiger partial charge in [0.15, 0.2) is 0 Å². The van der Waals surface area contributed by atoms with Gasteiger partial charge in [0.05, 0.1) is 6.20 Å². The van der Waals surface area contributed by atoms with Crippen molar-refractivity contribution in [1.29, 1.82) is 0 Å². The molecule has 1 aromatic rings. The molecule has 0 fully saturated rings. The summed E-state index contributed by atoms with van der Waals surface area (Å²) in [5, 5.41) is 9.30. The van der Waals surface area contributed by atoms with Gasteiger partial charge in [0.2, 0.25) is 0 Å². The molecule has 1 rings (SSSR count). The molecule has 0 saturated heterocycles. The maximum atomic E-state index is 11.2. The average Bonchev–Trinajstić information content (AvgIpc) is 2.24. The van der Waals surface area contributed by atoms with Crippen molar-refractivity contribution in [2.24, 2.45) is 0 Å². The second-order valence-corrected chi connectivity index (χ2v) is 4.73. The third kappa shape index (κ3) is 5.11. The number of hydrogen-bond donors (Lipinski definition) is 4. The first-order valence-corrected chi connectivity index (χ1v) is 6.37. The summed E-state index contributed by atoms with van der Waals surface area (Å²) in [7, 11) is -4.32. The summed E-state index contributed by atoms with van der Waals surface area (Å²) in [6.45, 7) is -0.373. The SMILES string of the molecule is Nc1ccn(OC[C@H](O)/C=C/P(=O)(O)O)c(=O)n1. The Morgan fingerprint density at radius 1 is 1.61 bits per heavy atom. The van der Waals surface area contributed by atoms with Crippen LogP contribution in [0.4, 0.5) is 5.82 Å². The standard InChI is InChI=1S/C8H12N3O6P/c9-7-1-3-11(8(13)10-7)17-5-6(12)2-4-18(14,15)16/h1-4,6,12H,5H2,(H2,9,10,13)(H2,14,15,16)/b4-2+/t6-/m1/s1. The van der Waals surface area contributed by atoms with Crippen LogP contribution in [0.25, 0.3) is 0 Å². The van der Waals surface area contributed by atoms with E-state index in [1.165, 1.54) is 12.3 Å². The number of aliphatic hydroxyl groups excluding tert-OH is 1. The Hall–Kier alpha value is -1.67. The van der Waals surface area contributed by atoms with Gasteiger partial charge in [-0.05, 0) is 6.08 Å². The first-order chi connectivity index (χ1) is 8.28. The zero-order valence-electron chi connectivity index (χ0n) is 9.08. The van der Waals surface area contributed by atoms with E-state index in [0.29, 0.717) is 5.82 Å². The smallest absolute Gasteiger partial charge is 0.382 e. The minimum atomic E-state index is -4.32. The van der Waals surface area contributed by atoms with Gasteiger partial charge in [0.25, 0.3) is 0 Å². The van der Waals surface area contributed by atoms with E-state index in [1.807, 2.05) is 0 Å². The van der Waals surface area contributed by atoms with Crippen LogP contribution in [0.5, 0.6) is 0 Å². The number of nitrogen functional groups attached to an aromatic ring is 1. The Morgan fingerprint density at radius 2 is 2.28 bits per heavy atom. The number of anilines is 1. The zero-order valence-corrected chi connectivity index (χ0v) is 9.97. The summed E-state index contributed by atoms with van der Waals surface area (Å²) in [6.07, 6.45) is 0.808. The van der Waals surface area contributed by atoms with E-state index in [2.05, 4.69) is 4.98 Å². The summed E-state index contributed by atoms with van der Waals surface area (Å²) in [4.78, 5) is 36.5. The molecule has 100 valence electrons. The highest BCUT2D eigenvalue weighted by Crippen LogP contribution is 2.35. The lowest BCUT2D eigenvalue weighted by molar-refractivity contribution is 0.0399. The van der Waals surface area contributed by atoms with Crippen LogP contribution in [-0.2, 0) is 4.57 Å². The zero-order chi connectivity index (χ0) is 13.8. The Kier molecular flexibility index (Phi) is 4.62. The normalized spacial score (nSPS) is 13.7. The minimum Gasteiger partial charge on any atom is -0.406 e. The number of rotatable bonds is 5. The maximum absolute atomic E-state index is 11.2. The van der Waals surface area contributed by atoms with Gasteiger partial charge in [-0.25, -0.2) is 4.79 Å². The molecule has 0 aliphatic heterocycles. The molecule has 1 aromatic heterocycles. The number of aliphatic hydroxyl groups is 1. The molecule has 0 bridgehead atoms. The second-order valence-electron chi connectivity index (χ2n) is 3.25. The van der Waals surface area contributed by atoms with Crippen molar-refractivity contribution in [1.82, 2.24) is 9.71 Å². The number of nitrogens with zero attached hydrogens (tertiary/aromatic N) is 2. The molecule has 0 aliphatic rings. The number of hydrogen-bond acceptors (Lipinski definition) is 6. The monoisotopic (exact) mass is 277 g/mol. The van der Waals surface area contributed by atoms with E-state index in [1.54, 1.807) is 0 Å². The van der Waals surface area contributed by atoms with E-state index in [-0.39, 0.29) is 12.4 Å². The van der Waals surface area contributed by atoms with E-state index in [9.17, 15) is 14.5 Å². The van der Waals surface area contributed by atoms with Crippen molar-refractivity contribution >= 4 is 13.4 Å². The average molecular weight is 277 g/mol. The van der Waals surface area contributed by atoms with Crippen LogP contribution in [0.3, 0.4) is 0 Å². The molecule has 5 N–H and O–H groups in total. The van der Waals surface area contributed by atoms with Crippen molar-refractivity contribution in [3.63, 3.8) is 0 Å². The fraction of sp³-hybridized carbons (Fsp3) is 0.250. The van der Waals surface area contributed by atoms with Gasteiger partial charge < -0.3 is 25.5 Å². The first-order valence-electron chi connectivity index (χ1n) is 4.69. The van der Waals surface area contributed by atoms with Gasteiger partial charge in [0.1, 0.15) is 18.5 Å². The molecule has 0 radical (unpaired) electrons. The van der Waals surface area contributed by atoms with Crippen molar-refractivity contribution in [3.8, 4) is 0 Å². The van der Waals surface area contributed by atoms with E-state index in [4.69, 9.17) is 20.4 Å². The molecule has 18 heavy (non-hydrogen) atoms. The predicted octanol–water partition coefficient (Wildman–Crippen LogP) is -1.69. The maximum Gasteiger partial charge on any atom is 0.382 e. The highest BCUT2D eigenvalue weighted by Gasteiger charge is 2.09. The van der Waals surface area contributed by atoms with Crippen LogP contribution < -0.4 is 16.3 Å². The van der Waals surface area contributed by atoms with Crippen molar-refractivity contribution in [2.75, 3.05) is 12.3 Å². The molecule has 0 spiro atoms. The number of aromatic nitrogens is 2. The van der Waals surface area contributed by atoms with E-state index < -0.39 is 19.4 Å². The first kappa shape index (κ1) is 14.4. The lowest BCUT2D eigenvalue weighted by Crippen LogP contribution is -2.32. The molecule has 0 aromatic carbocycles. The highest BCUT2D eigenvalue weighted by molar-refractivity contribution is 7.55. The Balaban J connectivity index is 2.58. The van der Waals surface area contributed by atoms with Gasteiger partial charge in [-0.3, -0.25) is 4.57 Å². The van der Waals surface area contributed by atoms with Crippen molar-refractivity contribution in [2.45, 2.75) is 6.10 Å². The Bertz CT molecular complexity index is 536. The Labute approximate surface area is 101 Å². The van der Waals surface area contributed by atoms with Gasteiger partial charge in [0, 0.05) is 11.9 Å². The van der Waals surface area contributed by atoms with Crippen LogP contribution in [0.1, 0.15) is 0 Å². The minimum absolute atomic E-state index is 0.0294. The molecule has 0 amide bonds. The molecule has 1 atom stereocenters.